The van der Waals surface area contributed by atoms with Crippen molar-refractivity contribution in [2.75, 3.05) is 0 Å². The third-order valence-corrected chi connectivity index (χ3v) is 4.91. The SMILES string of the molecule is O=C(Cc1ccccc1)NN1C(=O)[C@@H]2[C@H](C1=O)[C@@H]1C=C[C@@H]2C1. The molecule has 4 rings (SSSR count). The van der Waals surface area contributed by atoms with Gasteiger partial charge < -0.3 is 0 Å². The average Bonchev–Trinajstić information content (AvgIpc) is 3.18. The van der Waals surface area contributed by atoms with E-state index in [4.69, 9.17) is 0 Å². The maximum absolute atomic E-state index is 12.4. The van der Waals surface area contributed by atoms with Gasteiger partial charge in [-0.3, -0.25) is 19.8 Å². The summed E-state index contributed by atoms with van der Waals surface area (Å²) in [5.41, 5.74) is 3.34. The van der Waals surface area contributed by atoms with Crippen molar-refractivity contribution in [2.24, 2.45) is 23.7 Å². The van der Waals surface area contributed by atoms with E-state index in [9.17, 15) is 14.4 Å². The van der Waals surface area contributed by atoms with Gasteiger partial charge in [-0.15, -0.1) is 0 Å². The lowest BCUT2D eigenvalue weighted by molar-refractivity contribution is -0.149. The molecule has 3 aliphatic rings. The highest BCUT2D eigenvalue weighted by molar-refractivity contribution is 6.07. The summed E-state index contributed by atoms with van der Waals surface area (Å²) in [4.78, 5) is 36.9. The van der Waals surface area contributed by atoms with Crippen LogP contribution >= 0.6 is 0 Å². The summed E-state index contributed by atoms with van der Waals surface area (Å²) in [5.74, 6) is -1.10. The van der Waals surface area contributed by atoms with E-state index < -0.39 is 0 Å². The van der Waals surface area contributed by atoms with E-state index in [0.717, 1.165) is 17.0 Å². The average molecular weight is 296 g/mol. The highest BCUT2D eigenvalue weighted by atomic mass is 16.2. The van der Waals surface area contributed by atoms with Crippen molar-refractivity contribution in [1.82, 2.24) is 10.4 Å². The predicted molar refractivity (Wildman–Crippen MR) is 77.9 cm³/mol. The number of hydrazine groups is 1. The second-order valence-electron chi connectivity index (χ2n) is 6.21. The maximum atomic E-state index is 12.4. The van der Waals surface area contributed by atoms with Crippen LogP contribution in [0.4, 0.5) is 0 Å². The number of carbonyl (C=O) groups excluding carboxylic acids is 3. The third kappa shape index (κ3) is 1.89. The van der Waals surface area contributed by atoms with Gasteiger partial charge in [-0.05, 0) is 23.8 Å². The number of rotatable bonds is 3. The van der Waals surface area contributed by atoms with Gasteiger partial charge in [0.05, 0.1) is 18.3 Å². The molecule has 5 nitrogen and oxygen atoms in total. The topological polar surface area (TPSA) is 66.5 Å². The first-order valence-electron chi connectivity index (χ1n) is 7.54. The molecule has 2 bridgehead atoms. The van der Waals surface area contributed by atoms with Crippen molar-refractivity contribution in [2.45, 2.75) is 12.8 Å². The van der Waals surface area contributed by atoms with Gasteiger partial charge in [0.1, 0.15) is 0 Å². The number of benzene rings is 1. The van der Waals surface area contributed by atoms with Crippen molar-refractivity contribution >= 4 is 17.7 Å². The Hall–Kier alpha value is -2.43. The Morgan fingerprint density at radius 3 is 2.23 bits per heavy atom. The van der Waals surface area contributed by atoms with Crippen molar-refractivity contribution in [3.63, 3.8) is 0 Å². The van der Waals surface area contributed by atoms with E-state index in [0.29, 0.717) is 0 Å². The second kappa shape index (κ2) is 4.80. The Balaban J connectivity index is 1.47. The smallest absolute Gasteiger partial charge is 0.252 e. The van der Waals surface area contributed by atoms with Crippen LogP contribution in [0.3, 0.4) is 0 Å². The first kappa shape index (κ1) is 13.2. The fourth-order valence-electron chi connectivity index (χ4n) is 3.96. The lowest BCUT2D eigenvalue weighted by Gasteiger charge is -2.17. The molecule has 1 saturated heterocycles. The van der Waals surface area contributed by atoms with Crippen molar-refractivity contribution in [1.29, 1.82) is 0 Å². The minimum absolute atomic E-state index is 0.151. The molecule has 2 aliphatic carbocycles. The van der Waals surface area contributed by atoms with E-state index in [1.165, 1.54) is 0 Å². The van der Waals surface area contributed by atoms with Gasteiger partial charge in [0.15, 0.2) is 0 Å². The fraction of sp³-hybridized carbons (Fsp3) is 0.353. The van der Waals surface area contributed by atoms with Crippen molar-refractivity contribution < 1.29 is 14.4 Å². The Labute approximate surface area is 128 Å². The highest BCUT2D eigenvalue weighted by Gasteiger charge is 2.59. The van der Waals surface area contributed by atoms with Gasteiger partial charge in [-0.1, -0.05) is 42.5 Å². The van der Waals surface area contributed by atoms with Gasteiger partial charge >= 0.3 is 0 Å². The number of hydrogen-bond donors (Lipinski definition) is 1. The normalized spacial score (nSPS) is 31.7. The second-order valence-corrected chi connectivity index (χ2v) is 6.21. The molecule has 0 radical (unpaired) electrons. The van der Waals surface area contributed by atoms with Gasteiger partial charge in [-0.2, -0.15) is 5.01 Å². The largest absolute Gasteiger partial charge is 0.273 e. The van der Waals surface area contributed by atoms with Crippen LogP contribution in [0.15, 0.2) is 42.5 Å². The van der Waals surface area contributed by atoms with E-state index in [1.54, 1.807) is 0 Å². The van der Waals surface area contributed by atoms with Crippen LogP contribution in [-0.2, 0) is 20.8 Å². The van der Waals surface area contributed by atoms with Crippen molar-refractivity contribution in [3.05, 3.63) is 48.0 Å². The Kier molecular flexibility index (Phi) is 2.89. The lowest BCUT2D eigenvalue weighted by atomic mass is 9.85. The summed E-state index contributed by atoms with van der Waals surface area (Å²) >= 11 is 0. The molecular formula is C17H16N2O3. The molecule has 1 N–H and O–H groups in total. The maximum Gasteiger partial charge on any atom is 0.252 e. The number of amides is 3. The zero-order chi connectivity index (χ0) is 15.3. The molecule has 4 atom stereocenters. The monoisotopic (exact) mass is 296 g/mol. The summed E-state index contributed by atoms with van der Waals surface area (Å²) in [5, 5.41) is 0.951. The van der Waals surface area contributed by atoms with Gasteiger partial charge in [0, 0.05) is 0 Å². The Morgan fingerprint density at radius 2 is 1.64 bits per heavy atom. The fourth-order valence-corrected chi connectivity index (χ4v) is 3.96. The van der Waals surface area contributed by atoms with E-state index in [-0.39, 0.29) is 47.8 Å². The van der Waals surface area contributed by atoms with Crippen LogP contribution < -0.4 is 5.43 Å². The number of nitrogens with one attached hydrogen (secondary N) is 1. The molecule has 0 spiro atoms. The minimum atomic E-state index is -0.340. The number of carbonyl (C=O) groups is 3. The first-order valence-corrected chi connectivity index (χ1v) is 7.54. The zero-order valence-electron chi connectivity index (χ0n) is 11.9. The molecule has 5 heteroatoms. The van der Waals surface area contributed by atoms with E-state index in [2.05, 4.69) is 5.43 Å². The van der Waals surface area contributed by atoms with Crippen molar-refractivity contribution in [3.8, 4) is 0 Å². The molecule has 1 aliphatic heterocycles. The van der Waals surface area contributed by atoms with Crippen LogP contribution in [-0.4, -0.2) is 22.7 Å². The molecule has 1 heterocycles. The highest BCUT2D eigenvalue weighted by Crippen LogP contribution is 2.52. The zero-order valence-corrected chi connectivity index (χ0v) is 11.9. The molecule has 0 aromatic heterocycles. The quantitative estimate of drug-likeness (QED) is 0.670. The van der Waals surface area contributed by atoms with Crippen LogP contribution in [0.2, 0.25) is 0 Å². The molecular weight excluding hydrogens is 280 g/mol. The summed E-state index contributed by atoms with van der Waals surface area (Å²) in [7, 11) is 0. The van der Waals surface area contributed by atoms with Crippen LogP contribution in [0.1, 0.15) is 12.0 Å². The predicted octanol–water partition coefficient (Wildman–Crippen LogP) is 1.07. The summed E-state index contributed by atoms with van der Waals surface area (Å²) in [6, 6.07) is 9.25. The molecule has 112 valence electrons. The van der Waals surface area contributed by atoms with Crippen LogP contribution in [0.25, 0.3) is 0 Å². The van der Waals surface area contributed by atoms with Gasteiger partial charge in [0.2, 0.25) is 5.91 Å². The lowest BCUT2D eigenvalue weighted by Crippen LogP contribution is -2.47. The first-order chi connectivity index (χ1) is 10.6. The Morgan fingerprint density at radius 1 is 1.05 bits per heavy atom. The van der Waals surface area contributed by atoms with Crippen LogP contribution in [0, 0.1) is 23.7 Å². The molecule has 2 fully saturated rings. The summed E-state index contributed by atoms with van der Waals surface area (Å²) in [6.07, 6.45) is 5.11. The number of nitrogens with zero attached hydrogens (tertiary/aromatic N) is 1. The number of allylic oxidation sites excluding steroid dienone is 2. The molecule has 3 amide bonds. The van der Waals surface area contributed by atoms with E-state index in [1.807, 2.05) is 42.5 Å². The number of hydrogen-bond acceptors (Lipinski definition) is 3. The summed E-state index contributed by atoms with van der Waals surface area (Å²) in [6.45, 7) is 0. The van der Waals surface area contributed by atoms with E-state index >= 15 is 0 Å². The van der Waals surface area contributed by atoms with Gasteiger partial charge in [0.25, 0.3) is 11.8 Å². The minimum Gasteiger partial charge on any atom is -0.273 e. The number of imide groups is 1. The standard InChI is InChI=1S/C17H16N2O3/c20-13(8-10-4-2-1-3-5-10)18-19-16(21)14-11-6-7-12(9-11)15(14)17(19)22/h1-7,11-12,14-15H,8-9H2,(H,18,20)/t11-,12-,14-,15+/m1/s1. The summed E-state index contributed by atoms with van der Waals surface area (Å²) < 4.78 is 0. The molecule has 1 saturated carbocycles. The van der Waals surface area contributed by atoms with Gasteiger partial charge in [-0.25, -0.2) is 0 Å². The molecule has 1 aromatic carbocycles. The third-order valence-electron chi connectivity index (χ3n) is 4.91. The molecule has 0 unspecified atom stereocenters. The molecule has 1 aromatic rings. The molecule has 22 heavy (non-hydrogen) atoms. The number of fused-ring (bicyclic) bond motifs is 5. The Bertz CT molecular complexity index is 652. The van der Waals surface area contributed by atoms with Crippen LogP contribution in [0.5, 0.6) is 0 Å².